The molecule has 2 aromatic heterocycles. The lowest BCUT2D eigenvalue weighted by atomic mass is 10.1. The molecule has 0 radical (unpaired) electrons. The van der Waals surface area contributed by atoms with Gasteiger partial charge in [-0.3, -0.25) is 4.79 Å². The normalized spacial score (nSPS) is 12.1. The zero-order valence-corrected chi connectivity index (χ0v) is 18.4. The fourth-order valence-corrected chi connectivity index (χ4v) is 3.55. The minimum absolute atomic E-state index is 0.159. The summed E-state index contributed by atoms with van der Waals surface area (Å²) < 4.78 is 7.77. The van der Waals surface area contributed by atoms with E-state index in [0.717, 1.165) is 16.7 Å². The van der Waals surface area contributed by atoms with Gasteiger partial charge in [0.2, 0.25) is 11.2 Å². The molecular weight excluding hydrogens is 408 g/mol. The molecule has 154 valence electrons. The number of hydrogen-bond acceptors (Lipinski definition) is 4. The average Bonchev–Trinajstić information content (AvgIpc) is 3.06. The van der Waals surface area contributed by atoms with Crippen LogP contribution < -0.4 is 5.32 Å². The highest BCUT2D eigenvalue weighted by molar-refractivity contribution is 8.32. The van der Waals surface area contributed by atoms with Crippen LogP contribution in [0.1, 0.15) is 0 Å². The van der Waals surface area contributed by atoms with Gasteiger partial charge >= 0.3 is 0 Å². The van der Waals surface area contributed by atoms with Gasteiger partial charge in [-0.1, -0.05) is 18.7 Å². The first-order chi connectivity index (χ1) is 13.8. The summed E-state index contributed by atoms with van der Waals surface area (Å²) in [6, 6.07) is 9.38. The number of halogens is 1. The van der Waals surface area contributed by atoms with Crippen molar-refractivity contribution in [3.05, 3.63) is 54.5 Å². The van der Waals surface area contributed by atoms with Crippen molar-refractivity contribution >= 4 is 44.3 Å². The maximum atomic E-state index is 11.6. The predicted octanol–water partition coefficient (Wildman–Crippen LogP) is 4.54. The van der Waals surface area contributed by atoms with E-state index in [1.807, 2.05) is 35.0 Å². The monoisotopic (exact) mass is 432 g/mol. The van der Waals surface area contributed by atoms with E-state index < -0.39 is 10.0 Å². The van der Waals surface area contributed by atoms with Gasteiger partial charge in [-0.25, -0.2) is 15.0 Å². The van der Waals surface area contributed by atoms with Crippen LogP contribution in [0.15, 0.2) is 49.2 Å². The highest BCUT2D eigenvalue weighted by Crippen LogP contribution is 2.34. The first-order valence-electron chi connectivity index (χ1n) is 9.07. The maximum absolute atomic E-state index is 11.6. The van der Waals surface area contributed by atoms with Crippen molar-refractivity contribution in [1.82, 2.24) is 14.5 Å². The number of fused-ring (bicyclic) bond motifs is 1. The molecule has 6 nitrogen and oxygen atoms in total. The van der Waals surface area contributed by atoms with E-state index in [4.69, 9.17) is 16.3 Å². The Bertz CT molecular complexity index is 1040. The SMILES string of the molecule is C=CC(=O)Nc1cccc(-c2nc(Cl)nc3c2ccn3COCCS(C)(C)C)c1. The van der Waals surface area contributed by atoms with Crippen LogP contribution in [0, 0.1) is 0 Å². The molecule has 3 aromatic rings. The number of rotatable bonds is 8. The zero-order valence-electron chi connectivity index (χ0n) is 16.8. The fourth-order valence-electron chi connectivity index (χ4n) is 2.77. The van der Waals surface area contributed by atoms with E-state index in [2.05, 4.69) is 40.6 Å². The summed E-state index contributed by atoms with van der Waals surface area (Å²) in [5.41, 5.74) is 2.90. The standard InChI is InChI=1S/C21H25ClN4O2S/c1-5-18(27)23-16-8-6-7-15(13-16)19-17-9-10-26(20(17)25-21(22)24-19)14-28-11-12-29(2,3)4/h5-10,13H,1,11-12,14H2,2-4H3,(H,23,27). The number of nitrogens with zero attached hydrogens (tertiary/aromatic N) is 3. The summed E-state index contributed by atoms with van der Waals surface area (Å²) >= 11 is 6.21. The molecule has 3 rings (SSSR count). The number of amides is 1. The van der Waals surface area contributed by atoms with Crippen molar-refractivity contribution in [1.29, 1.82) is 0 Å². The number of carbonyl (C=O) groups is 1. The smallest absolute Gasteiger partial charge is 0.247 e. The minimum Gasteiger partial charge on any atom is -0.360 e. The molecule has 0 aliphatic heterocycles. The van der Waals surface area contributed by atoms with Crippen molar-refractivity contribution in [2.45, 2.75) is 6.73 Å². The van der Waals surface area contributed by atoms with Crippen LogP contribution in [0.2, 0.25) is 5.28 Å². The Morgan fingerprint density at radius 2 is 2.10 bits per heavy atom. The quantitative estimate of drug-likeness (QED) is 0.322. The molecule has 1 aromatic carbocycles. The molecule has 2 heterocycles. The third kappa shape index (κ3) is 5.59. The molecule has 1 N–H and O–H groups in total. The van der Waals surface area contributed by atoms with Crippen molar-refractivity contribution in [3.8, 4) is 11.3 Å². The van der Waals surface area contributed by atoms with Crippen molar-refractivity contribution in [3.63, 3.8) is 0 Å². The molecule has 0 unspecified atom stereocenters. The summed E-state index contributed by atoms with van der Waals surface area (Å²) in [7, 11) is -0.589. The number of benzene rings is 1. The molecule has 0 bridgehead atoms. The Kier molecular flexibility index (Phi) is 6.62. The third-order valence-corrected chi connectivity index (χ3v) is 5.81. The summed E-state index contributed by atoms with van der Waals surface area (Å²) in [6.45, 7) is 4.58. The number of anilines is 1. The highest BCUT2D eigenvalue weighted by atomic mass is 35.5. The molecule has 1 amide bonds. The van der Waals surface area contributed by atoms with E-state index in [1.165, 1.54) is 6.08 Å². The molecule has 8 heteroatoms. The highest BCUT2D eigenvalue weighted by Gasteiger charge is 2.14. The summed E-state index contributed by atoms with van der Waals surface area (Å²) in [6.07, 6.45) is 9.96. The van der Waals surface area contributed by atoms with Crippen LogP contribution in [0.25, 0.3) is 22.3 Å². The van der Waals surface area contributed by atoms with Crippen LogP contribution in [0.4, 0.5) is 5.69 Å². The molecule has 0 saturated heterocycles. The largest absolute Gasteiger partial charge is 0.360 e. The maximum Gasteiger partial charge on any atom is 0.247 e. The predicted molar refractivity (Wildman–Crippen MR) is 123 cm³/mol. The van der Waals surface area contributed by atoms with Crippen LogP contribution in [0.3, 0.4) is 0 Å². The summed E-state index contributed by atoms with van der Waals surface area (Å²) in [5, 5.41) is 3.79. The van der Waals surface area contributed by atoms with Gasteiger partial charge in [0.1, 0.15) is 12.4 Å². The Morgan fingerprint density at radius 1 is 1.31 bits per heavy atom. The van der Waals surface area contributed by atoms with Gasteiger partial charge in [0.25, 0.3) is 0 Å². The lowest BCUT2D eigenvalue weighted by Gasteiger charge is -2.24. The second-order valence-corrected chi connectivity index (χ2v) is 12.4. The summed E-state index contributed by atoms with van der Waals surface area (Å²) in [5.74, 6) is 0.782. The Labute approximate surface area is 177 Å². The number of hydrogen-bond donors (Lipinski definition) is 1. The number of aromatic nitrogens is 3. The van der Waals surface area contributed by atoms with E-state index >= 15 is 0 Å². The zero-order chi connectivity index (χ0) is 21.0. The fraction of sp³-hybridized carbons (Fsp3) is 0.286. The number of ether oxygens (including phenoxy) is 1. The number of carbonyl (C=O) groups excluding carboxylic acids is 1. The van der Waals surface area contributed by atoms with Gasteiger partial charge in [-0.2, -0.15) is 4.98 Å². The topological polar surface area (TPSA) is 69.0 Å². The van der Waals surface area contributed by atoms with Crippen molar-refractivity contribution < 1.29 is 9.53 Å². The Morgan fingerprint density at radius 3 is 2.83 bits per heavy atom. The van der Waals surface area contributed by atoms with E-state index in [1.54, 1.807) is 6.07 Å². The molecule has 0 aliphatic rings. The van der Waals surface area contributed by atoms with E-state index in [0.29, 0.717) is 30.4 Å². The van der Waals surface area contributed by atoms with Crippen LogP contribution >= 0.6 is 21.6 Å². The van der Waals surface area contributed by atoms with Crippen molar-refractivity contribution in [2.75, 3.05) is 36.4 Å². The van der Waals surface area contributed by atoms with Gasteiger partial charge in [-0.05, 0) is 54.6 Å². The van der Waals surface area contributed by atoms with Gasteiger partial charge in [-0.15, -0.1) is 0 Å². The average molecular weight is 433 g/mol. The van der Waals surface area contributed by atoms with Gasteiger partial charge in [0.05, 0.1) is 12.3 Å². The van der Waals surface area contributed by atoms with Crippen LogP contribution in [-0.4, -0.2) is 51.6 Å². The number of nitrogens with one attached hydrogen (secondary N) is 1. The third-order valence-electron chi connectivity index (χ3n) is 4.25. The lowest BCUT2D eigenvalue weighted by Crippen LogP contribution is -2.10. The van der Waals surface area contributed by atoms with Gasteiger partial charge in [0.15, 0.2) is 0 Å². The first-order valence-corrected chi connectivity index (χ1v) is 12.5. The molecule has 0 aliphatic carbocycles. The van der Waals surface area contributed by atoms with Crippen molar-refractivity contribution in [2.24, 2.45) is 0 Å². The Balaban J connectivity index is 1.88. The molecule has 0 spiro atoms. The molecular formula is C21H25ClN4O2S. The van der Waals surface area contributed by atoms with E-state index in [-0.39, 0.29) is 11.2 Å². The molecule has 29 heavy (non-hydrogen) atoms. The van der Waals surface area contributed by atoms with Crippen LogP contribution in [-0.2, 0) is 16.3 Å². The minimum atomic E-state index is -0.589. The van der Waals surface area contributed by atoms with Gasteiger partial charge < -0.3 is 14.6 Å². The van der Waals surface area contributed by atoms with Crippen LogP contribution in [0.5, 0.6) is 0 Å². The van der Waals surface area contributed by atoms with Gasteiger partial charge in [0, 0.05) is 28.6 Å². The molecule has 0 atom stereocenters. The molecule has 0 saturated carbocycles. The molecule has 0 fully saturated rings. The summed E-state index contributed by atoms with van der Waals surface area (Å²) in [4.78, 5) is 20.4. The lowest BCUT2D eigenvalue weighted by molar-refractivity contribution is -0.111. The Hall–Kier alpha value is -2.35. The first kappa shape index (κ1) is 21.4. The van der Waals surface area contributed by atoms with E-state index in [9.17, 15) is 4.79 Å². The second-order valence-electron chi connectivity index (χ2n) is 7.47. The second kappa shape index (κ2) is 8.98.